The number of fused-ring (bicyclic) bond motifs is 5. The first-order chi connectivity index (χ1) is 14.3. The van der Waals surface area contributed by atoms with Gasteiger partial charge < -0.3 is 5.11 Å². The zero-order valence-corrected chi connectivity index (χ0v) is 15.8. The monoisotopic (exact) mass is 370 g/mol. The van der Waals surface area contributed by atoms with E-state index in [1.807, 2.05) is 12.1 Å². The molecule has 0 aliphatic heterocycles. The Morgan fingerprint density at radius 1 is 0.414 bits per heavy atom. The van der Waals surface area contributed by atoms with E-state index in [0.717, 1.165) is 5.56 Å². The van der Waals surface area contributed by atoms with Crippen LogP contribution < -0.4 is 0 Å². The summed E-state index contributed by atoms with van der Waals surface area (Å²) in [4.78, 5) is 0. The maximum atomic E-state index is 9.66. The molecule has 0 heterocycles. The Bertz CT molecular complexity index is 1540. The van der Waals surface area contributed by atoms with E-state index in [4.69, 9.17) is 0 Å². The molecule has 0 saturated carbocycles. The average molecular weight is 370 g/mol. The van der Waals surface area contributed by atoms with E-state index < -0.39 is 0 Å². The van der Waals surface area contributed by atoms with Gasteiger partial charge in [-0.3, -0.25) is 0 Å². The maximum absolute atomic E-state index is 9.66. The molecule has 0 atom stereocenters. The van der Waals surface area contributed by atoms with Crippen LogP contribution in [0.15, 0.2) is 103 Å². The van der Waals surface area contributed by atoms with Crippen molar-refractivity contribution in [2.45, 2.75) is 0 Å². The van der Waals surface area contributed by atoms with E-state index in [-0.39, 0.29) is 5.75 Å². The van der Waals surface area contributed by atoms with Crippen LogP contribution in [0.25, 0.3) is 54.2 Å². The molecule has 0 saturated heterocycles. The Kier molecular flexibility index (Phi) is 3.39. The van der Waals surface area contributed by atoms with Crippen LogP contribution in [0.3, 0.4) is 0 Å². The van der Waals surface area contributed by atoms with Crippen LogP contribution in [0.4, 0.5) is 0 Å². The third-order valence-corrected chi connectivity index (χ3v) is 5.88. The van der Waals surface area contributed by atoms with Gasteiger partial charge in [-0.2, -0.15) is 0 Å². The predicted octanol–water partition coefficient (Wildman–Crippen LogP) is 7.67. The highest BCUT2D eigenvalue weighted by Gasteiger charge is 2.08. The van der Waals surface area contributed by atoms with Gasteiger partial charge in [0.25, 0.3) is 0 Å². The Morgan fingerprint density at radius 3 is 1.76 bits per heavy atom. The van der Waals surface area contributed by atoms with Crippen LogP contribution in [0.5, 0.6) is 5.75 Å². The lowest BCUT2D eigenvalue weighted by atomic mass is 9.92. The molecule has 0 aromatic heterocycles. The summed E-state index contributed by atoms with van der Waals surface area (Å²) in [6.07, 6.45) is 0. The van der Waals surface area contributed by atoms with Crippen LogP contribution >= 0.6 is 0 Å². The van der Waals surface area contributed by atoms with Gasteiger partial charge in [-0.05, 0) is 90.6 Å². The SMILES string of the molecule is Oc1ccc(-c2cccc3cc4ccc5cc6ccccc6cc5c4cc23)cc1. The summed E-state index contributed by atoms with van der Waals surface area (Å²) in [5, 5.41) is 19.7. The molecule has 0 aliphatic rings. The first-order valence-electron chi connectivity index (χ1n) is 9.84. The van der Waals surface area contributed by atoms with Crippen LogP contribution in [-0.4, -0.2) is 5.11 Å². The molecule has 0 amide bonds. The highest BCUT2D eigenvalue weighted by molar-refractivity contribution is 6.16. The summed E-state index contributed by atoms with van der Waals surface area (Å²) in [7, 11) is 0. The van der Waals surface area contributed by atoms with Gasteiger partial charge in [0.2, 0.25) is 0 Å². The van der Waals surface area contributed by atoms with E-state index in [1.165, 1.54) is 48.7 Å². The second-order valence-electron chi connectivity index (χ2n) is 7.63. The van der Waals surface area contributed by atoms with Gasteiger partial charge in [0, 0.05) is 0 Å². The maximum Gasteiger partial charge on any atom is 0.115 e. The number of hydrogen-bond donors (Lipinski definition) is 1. The lowest BCUT2D eigenvalue weighted by Gasteiger charge is -2.11. The third-order valence-electron chi connectivity index (χ3n) is 5.88. The van der Waals surface area contributed by atoms with E-state index >= 15 is 0 Å². The van der Waals surface area contributed by atoms with Gasteiger partial charge in [-0.1, -0.05) is 66.7 Å². The molecule has 0 fully saturated rings. The van der Waals surface area contributed by atoms with Crippen molar-refractivity contribution in [3.8, 4) is 16.9 Å². The summed E-state index contributed by atoms with van der Waals surface area (Å²) in [5.74, 6) is 0.289. The molecule has 1 N–H and O–H groups in total. The fraction of sp³-hybridized carbons (Fsp3) is 0. The normalized spacial score (nSPS) is 11.6. The quantitative estimate of drug-likeness (QED) is 0.232. The van der Waals surface area contributed by atoms with Crippen LogP contribution in [0.2, 0.25) is 0 Å². The Labute approximate surface area is 168 Å². The van der Waals surface area contributed by atoms with Crippen LogP contribution in [0.1, 0.15) is 0 Å². The molecular formula is C28H18O. The highest BCUT2D eigenvalue weighted by Crippen LogP contribution is 2.36. The molecule has 6 aromatic rings. The second kappa shape index (κ2) is 6.08. The highest BCUT2D eigenvalue weighted by atomic mass is 16.3. The van der Waals surface area contributed by atoms with Crippen molar-refractivity contribution < 1.29 is 5.11 Å². The number of rotatable bonds is 1. The summed E-state index contributed by atoms with van der Waals surface area (Å²) < 4.78 is 0. The van der Waals surface area contributed by atoms with E-state index in [0.29, 0.717) is 0 Å². The molecule has 6 aromatic carbocycles. The van der Waals surface area contributed by atoms with Crippen molar-refractivity contribution in [2.75, 3.05) is 0 Å². The standard InChI is InChI=1S/C28H18O/c29-24-12-10-18(11-13-24)25-7-3-6-21-15-23-9-8-22-14-19-4-1-2-5-20(19)16-26(22)28(23)17-27(21)25/h1-17,29H. The van der Waals surface area contributed by atoms with Crippen molar-refractivity contribution in [1.82, 2.24) is 0 Å². The molecule has 29 heavy (non-hydrogen) atoms. The lowest BCUT2D eigenvalue weighted by Crippen LogP contribution is -1.84. The number of aromatic hydroxyl groups is 1. The summed E-state index contributed by atoms with van der Waals surface area (Å²) in [5.41, 5.74) is 2.29. The third kappa shape index (κ3) is 2.55. The lowest BCUT2D eigenvalue weighted by molar-refractivity contribution is 0.475. The van der Waals surface area contributed by atoms with Crippen molar-refractivity contribution in [3.05, 3.63) is 103 Å². The molecule has 0 radical (unpaired) electrons. The van der Waals surface area contributed by atoms with Gasteiger partial charge >= 0.3 is 0 Å². The minimum Gasteiger partial charge on any atom is -0.508 e. The zero-order valence-electron chi connectivity index (χ0n) is 15.8. The summed E-state index contributed by atoms with van der Waals surface area (Å²) >= 11 is 0. The largest absolute Gasteiger partial charge is 0.508 e. The first-order valence-corrected chi connectivity index (χ1v) is 9.84. The molecule has 1 nitrogen and oxygen atoms in total. The van der Waals surface area contributed by atoms with Crippen molar-refractivity contribution >= 4 is 43.1 Å². The number of hydrogen-bond acceptors (Lipinski definition) is 1. The Morgan fingerprint density at radius 2 is 1.00 bits per heavy atom. The number of phenols is 1. The van der Waals surface area contributed by atoms with E-state index in [9.17, 15) is 5.11 Å². The topological polar surface area (TPSA) is 20.2 Å². The van der Waals surface area contributed by atoms with E-state index in [1.54, 1.807) is 12.1 Å². The molecule has 0 bridgehead atoms. The molecule has 0 unspecified atom stereocenters. The summed E-state index contributed by atoms with van der Waals surface area (Å²) in [6, 6.07) is 36.0. The van der Waals surface area contributed by atoms with Gasteiger partial charge in [-0.25, -0.2) is 0 Å². The summed E-state index contributed by atoms with van der Waals surface area (Å²) in [6.45, 7) is 0. The smallest absolute Gasteiger partial charge is 0.115 e. The number of benzene rings is 6. The van der Waals surface area contributed by atoms with Crippen molar-refractivity contribution in [1.29, 1.82) is 0 Å². The molecule has 1 heteroatoms. The molecule has 0 aliphatic carbocycles. The molecule has 0 spiro atoms. The Balaban J connectivity index is 1.72. The van der Waals surface area contributed by atoms with Crippen LogP contribution in [0, 0.1) is 0 Å². The second-order valence-corrected chi connectivity index (χ2v) is 7.63. The van der Waals surface area contributed by atoms with Crippen molar-refractivity contribution in [2.24, 2.45) is 0 Å². The van der Waals surface area contributed by atoms with Gasteiger partial charge in [0.15, 0.2) is 0 Å². The number of phenolic OH excluding ortho intramolecular Hbond substituents is 1. The average Bonchev–Trinajstić information content (AvgIpc) is 2.76. The van der Waals surface area contributed by atoms with Crippen LogP contribution in [-0.2, 0) is 0 Å². The minimum atomic E-state index is 0.289. The Hall–Kier alpha value is -3.84. The zero-order chi connectivity index (χ0) is 19.4. The minimum absolute atomic E-state index is 0.289. The molecule has 6 rings (SSSR count). The fourth-order valence-electron chi connectivity index (χ4n) is 4.42. The van der Waals surface area contributed by atoms with E-state index in [2.05, 4.69) is 78.9 Å². The van der Waals surface area contributed by atoms with Gasteiger partial charge in [0.1, 0.15) is 5.75 Å². The van der Waals surface area contributed by atoms with Gasteiger partial charge in [-0.15, -0.1) is 0 Å². The predicted molar refractivity (Wildman–Crippen MR) is 124 cm³/mol. The molecule has 136 valence electrons. The first kappa shape index (κ1) is 16.1. The van der Waals surface area contributed by atoms with Gasteiger partial charge in [0.05, 0.1) is 0 Å². The van der Waals surface area contributed by atoms with Crippen molar-refractivity contribution in [3.63, 3.8) is 0 Å². The fourth-order valence-corrected chi connectivity index (χ4v) is 4.42. The molecular weight excluding hydrogens is 352 g/mol.